The molecule has 0 aliphatic rings. The number of carbonyl (C=O) groups excluding carboxylic acids is 1. The smallest absolute Gasteiger partial charge is 0.251 e. The van der Waals surface area contributed by atoms with Crippen LogP contribution in [0.1, 0.15) is 21.5 Å². The van der Waals surface area contributed by atoms with Crippen LogP contribution in [0, 0.1) is 6.92 Å². The minimum Gasteiger partial charge on any atom is -0.507 e. The average Bonchev–Trinajstić information content (AvgIpc) is 2.75. The number of carbonyl (C=O) groups is 1. The molecule has 0 radical (unpaired) electrons. The van der Waals surface area contributed by atoms with E-state index in [0.29, 0.717) is 16.6 Å². The molecule has 0 saturated carbocycles. The van der Waals surface area contributed by atoms with E-state index in [2.05, 4.69) is 21.2 Å². The fraction of sp³-hybridized carbons (Fsp3) is 0.154. The number of rotatable bonds is 3. The first-order chi connectivity index (χ1) is 8.58. The normalized spacial score (nSPS) is 10.3. The van der Waals surface area contributed by atoms with Gasteiger partial charge in [0, 0.05) is 12.1 Å². The van der Waals surface area contributed by atoms with Gasteiger partial charge < -0.3 is 10.4 Å². The van der Waals surface area contributed by atoms with Crippen LogP contribution < -0.4 is 5.32 Å². The fourth-order valence-electron chi connectivity index (χ4n) is 1.50. The number of hydrogen-bond donors (Lipinski definition) is 2. The van der Waals surface area contributed by atoms with E-state index in [0.717, 1.165) is 5.56 Å². The molecule has 94 valence electrons. The summed E-state index contributed by atoms with van der Waals surface area (Å²) >= 11 is 4.80. The molecule has 0 saturated heterocycles. The molecular weight excluding hydrogens is 314 g/mol. The summed E-state index contributed by atoms with van der Waals surface area (Å²) in [5.41, 5.74) is 2.75. The van der Waals surface area contributed by atoms with Crippen LogP contribution in [-0.2, 0) is 6.54 Å². The number of phenolic OH excluding ortho intramolecular Hbond substituents is 1. The summed E-state index contributed by atoms with van der Waals surface area (Å²) < 4.78 is 0.577. The van der Waals surface area contributed by atoms with Crippen molar-refractivity contribution in [1.29, 1.82) is 0 Å². The number of nitrogens with one attached hydrogen (secondary N) is 1. The van der Waals surface area contributed by atoms with Crippen molar-refractivity contribution in [3.8, 4) is 5.75 Å². The maximum absolute atomic E-state index is 11.9. The van der Waals surface area contributed by atoms with E-state index in [4.69, 9.17) is 0 Å². The summed E-state index contributed by atoms with van der Waals surface area (Å²) in [7, 11) is 0. The summed E-state index contributed by atoms with van der Waals surface area (Å²) in [6, 6.07) is 4.76. The number of phenols is 1. The highest BCUT2D eigenvalue weighted by Crippen LogP contribution is 2.24. The minimum absolute atomic E-state index is 0.0642. The third-order valence-electron chi connectivity index (χ3n) is 2.61. The molecule has 0 aliphatic heterocycles. The summed E-state index contributed by atoms with van der Waals surface area (Å²) in [5, 5.41) is 16.4. The highest BCUT2D eigenvalue weighted by atomic mass is 79.9. The molecule has 2 aromatic rings. The van der Waals surface area contributed by atoms with Crippen molar-refractivity contribution >= 4 is 33.2 Å². The standard InChI is InChI=1S/C13H12BrNO2S/c1-8-6-18-7-10(8)5-15-13(17)9-2-3-11(14)12(16)4-9/h2-4,6-7,16H,5H2,1H3,(H,15,17). The molecule has 3 nitrogen and oxygen atoms in total. The number of aryl methyl sites for hydroxylation is 1. The van der Waals surface area contributed by atoms with E-state index in [9.17, 15) is 9.90 Å². The molecule has 2 N–H and O–H groups in total. The van der Waals surface area contributed by atoms with Crippen molar-refractivity contribution in [3.05, 3.63) is 50.1 Å². The van der Waals surface area contributed by atoms with Crippen molar-refractivity contribution < 1.29 is 9.90 Å². The van der Waals surface area contributed by atoms with Gasteiger partial charge in [-0.3, -0.25) is 4.79 Å². The molecule has 1 aromatic carbocycles. The molecule has 1 amide bonds. The Bertz CT molecular complexity index is 580. The predicted molar refractivity (Wildman–Crippen MR) is 76.0 cm³/mol. The van der Waals surface area contributed by atoms with Crippen LogP contribution in [0.15, 0.2) is 33.4 Å². The van der Waals surface area contributed by atoms with Crippen LogP contribution in [-0.4, -0.2) is 11.0 Å². The molecule has 2 rings (SSSR count). The number of amides is 1. The van der Waals surface area contributed by atoms with E-state index in [1.165, 1.54) is 11.6 Å². The second-order valence-electron chi connectivity index (χ2n) is 3.93. The Balaban J connectivity index is 2.04. The van der Waals surface area contributed by atoms with Crippen molar-refractivity contribution in [2.75, 3.05) is 0 Å². The van der Waals surface area contributed by atoms with Gasteiger partial charge in [0.2, 0.25) is 0 Å². The number of aromatic hydroxyl groups is 1. The first-order valence-electron chi connectivity index (χ1n) is 5.36. The Kier molecular flexibility index (Phi) is 4.04. The molecule has 0 aliphatic carbocycles. The van der Waals surface area contributed by atoms with Gasteiger partial charge in [-0.05, 0) is 62.9 Å². The van der Waals surface area contributed by atoms with Crippen molar-refractivity contribution in [2.24, 2.45) is 0 Å². The Labute approximate surface area is 118 Å². The summed E-state index contributed by atoms with van der Waals surface area (Å²) in [5.74, 6) is -0.127. The van der Waals surface area contributed by atoms with Crippen molar-refractivity contribution in [3.63, 3.8) is 0 Å². The fourth-order valence-corrected chi connectivity index (χ4v) is 2.60. The van der Waals surface area contributed by atoms with Gasteiger partial charge in [0.25, 0.3) is 5.91 Å². The quantitative estimate of drug-likeness (QED) is 0.908. The highest BCUT2D eigenvalue weighted by molar-refractivity contribution is 9.10. The van der Waals surface area contributed by atoms with E-state index >= 15 is 0 Å². The third-order valence-corrected chi connectivity index (χ3v) is 4.19. The van der Waals surface area contributed by atoms with Gasteiger partial charge in [-0.2, -0.15) is 11.3 Å². The second kappa shape index (κ2) is 5.54. The summed E-state index contributed by atoms with van der Waals surface area (Å²) in [6.45, 7) is 2.52. The van der Waals surface area contributed by atoms with Gasteiger partial charge in [0.1, 0.15) is 5.75 Å². The SMILES string of the molecule is Cc1cscc1CNC(=O)c1ccc(Br)c(O)c1. The van der Waals surface area contributed by atoms with Crippen LogP contribution in [0.5, 0.6) is 5.75 Å². The van der Waals surface area contributed by atoms with Crippen LogP contribution in [0.25, 0.3) is 0 Å². The van der Waals surface area contributed by atoms with Crippen LogP contribution >= 0.6 is 27.3 Å². The van der Waals surface area contributed by atoms with E-state index in [1.54, 1.807) is 23.5 Å². The zero-order chi connectivity index (χ0) is 13.1. The summed E-state index contributed by atoms with van der Waals surface area (Å²) in [4.78, 5) is 11.9. The number of halogens is 1. The molecule has 0 fully saturated rings. The molecule has 1 aromatic heterocycles. The Morgan fingerprint density at radius 3 is 2.83 bits per heavy atom. The first-order valence-corrected chi connectivity index (χ1v) is 7.10. The Morgan fingerprint density at radius 2 is 2.22 bits per heavy atom. The highest BCUT2D eigenvalue weighted by Gasteiger charge is 2.08. The second-order valence-corrected chi connectivity index (χ2v) is 5.53. The zero-order valence-electron chi connectivity index (χ0n) is 9.74. The predicted octanol–water partition coefficient (Wildman–Crippen LogP) is 3.45. The molecule has 0 atom stereocenters. The lowest BCUT2D eigenvalue weighted by Crippen LogP contribution is -2.22. The number of benzene rings is 1. The van der Waals surface area contributed by atoms with Gasteiger partial charge in [-0.15, -0.1) is 0 Å². The molecule has 1 heterocycles. The molecule has 5 heteroatoms. The van der Waals surface area contributed by atoms with E-state index in [1.807, 2.05) is 17.7 Å². The average molecular weight is 326 g/mol. The van der Waals surface area contributed by atoms with Gasteiger partial charge >= 0.3 is 0 Å². The van der Waals surface area contributed by atoms with E-state index < -0.39 is 0 Å². The lowest BCUT2D eigenvalue weighted by Gasteiger charge is -2.06. The minimum atomic E-state index is -0.191. The van der Waals surface area contributed by atoms with E-state index in [-0.39, 0.29) is 11.7 Å². The van der Waals surface area contributed by atoms with Crippen LogP contribution in [0.3, 0.4) is 0 Å². The lowest BCUT2D eigenvalue weighted by molar-refractivity contribution is 0.0950. The van der Waals surface area contributed by atoms with Crippen molar-refractivity contribution in [1.82, 2.24) is 5.32 Å². The first kappa shape index (κ1) is 13.1. The number of hydrogen-bond acceptors (Lipinski definition) is 3. The summed E-state index contributed by atoms with van der Waals surface area (Å²) in [6.07, 6.45) is 0. The maximum Gasteiger partial charge on any atom is 0.251 e. The molecule has 18 heavy (non-hydrogen) atoms. The van der Waals surface area contributed by atoms with Crippen molar-refractivity contribution in [2.45, 2.75) is 13.5 Å². The number of thiophene rings is 1. The Morgan fingerprint density at radius 1 is 1.44 bits per heavy atom. The lowest BCUT2D eigenvalue weighted by atomic mass is 10.2. The van der Waals surface area contributed by atoms with Gasteiger partial charge in [-0.25, -0.2) is 0 Å². The van der Waals surface area contributed by atoms with Gasteiger partial charge in [0.05, 0.1) is 4.47 Å². The molecule has 0 bridgehead atoms. The third kappa shape index (κ3) is 2.91. The largest absolute Gasteiger partial charge is 0.507 e. The molecule has 0 unspecified atom stereocenters. The topological polar surface area (TPSA) is 49.3 Å². The van der Waals surface area contributed by atoms with Crippen LogP contribution in [0.4, 0.5) is 0 Å². The molecule has 0 spiro atoms. The van der Waals surface area contributed by atoms with Gasteiger partial charge in [-0.1, -0.05) is 0 Å². The van der Waals surface area contributed by atoms with Crippen LogP contribution in [0.2, 0.25) is 0 Å². The monoisotopic (exact) mass is 325 g/mol. The maximum atomic E-state index is 11.9. The zero-order valence-corrected chi connectivity index (χ0v) is 12.1. The van der Waals surface area contributed by atoms with Gasteiger partial charge in [0.15, 0.2) is 0 Å². The Hall–Kier alpha value is -1.33. The molecular formula is C13H12BrNO2S.